The number of rotatable bonds is 6. The largest absolute Gasteiger partial charge is 0.483 e. The zero-order valence-electron chi connectivity index (χ0n) is 11.9. The fourth-order valence-corrected chi connectivity index (χ4v) is 2.27. The summed E-state index contributed by atoms with van der Waals surface area (Å²) in [7, 11) is 0. The third kappa shape index (κ3) is 4.26. The Balaban J connectivity index is 1.94. The van der Waals surface area contributed by atoms with Crippen LogP contribution in [0, 0.1) is 5.82 Å². The Morgan fingerprint density at radius 2 is 2.24 bits per heavy atom. The predicted octanol–water partition coefficient (Wildman–Crippen LogP) is 3.39. The fraction of sp³-hybridized carbons (Fsp3) is 0.333. The average molecular weight is 308 g/mol. The molecule has 1 N–H and O–H groups in total. The number of ether oxygens (including phenoxy) is 1. The number of hydrogen-bond donors (Lipinski definition) is 1. The van der Waals surface area contributed by atoms with Crippen LogP contribution in [0.5, 0.6) is 5.75 Å². The molecule has 0 fully saturated rings. The van der Waals surface area contributed by atoms with Crippen LogP contribution in [-0.4, -0.2) is 16.9 Å². The van der Waals surface area contributed by atoms with E-state index in [4.69, 9.17) is 4.74 Å². The predicted molar refractivity (Wildman–Crippen MR) is 80.1 cm³/mol. The summed E-state index contributed by atoms with van der Waals surface area (Å²) in [6.45, 7) is 4.08. The van der Waals surface area contributed by atoms with Crippen molar-refractivity contribution < 1.29 is 13.9 Å². The number of benzene rings is 1. The van der Waals surface area contributed by atoms with Crippen LogP contribution in [0.1, 0.15) is 35.8 Å². The smallest absolute Gasteiger partial charge is 0.270 e. The van der Waals surface area contributed by atoms with Crippen LogP contribution in [0.4, 0.5) is 4.39 Å². The molecule has 0 spiro atoms. The highest BCUT2D eigenvalue weighted by atomic mass is 32.1. The Kier molecular flexibility index (Phi) is 5.27. The first-order chi connectivity index (χ1) is 10.1. The zero-order chi connectivity index (χ0) is 15.2. The number of nitrogens with one attached hydrogen (secondary N) is 1. The molecule has 112 valence electrons. The molecule has 2 rings (SSSR count). The van der Waals surface area contributed by atoms with Gasteiger partial charge in [-0.2, -0.15) is 0 Å². The topological polar surface area (TPSA) is 51.2 Å². The maximum atomic E-state index is 13.4. The number of carbonyl (C=O) groups excluding carboxylic acids is 1. The van der Waals surface area contributed by atoms with E-state index in [-0.39, 0.29) is 24.3 Å². The molecule has 2 aromatic rings. The molecular weight excluding hydrogens is 291 g/mol. The molecule has 0 aliphatic rings. The Morgan fingerprint density at radius 3 is 2.95 bits per heavy atom. The third-order valence-electron chi connectivity index (χ3n) is 2.96. The van der Waals surface area contributed by atoms with Crippen molar-refractivity contribution in [2.24, 2.45) is 0 Å². The van der Waals surface area contributed by atoms with E-state index in [2.05, 4.69) is 10.3 Å². The second kappa shape index (κ2) is 7.17. The Morgan fingerprint density at radius 1 is 1.48 bits per heavy atom. The van der Waals surface area contributed by atoms with Crippen molar-refractivity contribution in [2.45, 2.75) is 32.9 Å². The second-order valence-electron chi connectivity index (χ2n) is 4.63. The van der Waals surface area contributed by atoms with E-state index >= 15 is 0 Å². The van der Waals surface area contributed by atoms with Gasteiger partial charge in [0, 0.05) is 11.4 Å². The average Bonchev–Trinajstić information content (AvgIpc) is 2.95. The van der Waals surface area contributed by atoms with Gasteiger partial charge in [-0.1, -0.05) is 19.1 Å². The van der Waals surface area contributed by atoms with Gasteiger partial charge in [0.2, 0.25) is 0 Å². The quantitative estimate of drug-likeness (QED) is 0.890. The second-order valence-corrected chi connectivity index (χ2v) is 5.57. The van der Waals surface area contributed by atoms with E-state index in [1.54, 1.807) is 23.6 Å². The molecule has 0 saturated carbocycles. The Labute approximate surface area is 127 Å². The van der Waals surface area contributed by atoms with E-state index in [0.29, 0.717) is 10.7 Å². The minimum atomic E-state index is -0.413. The van der Waals surface area contributed by atoms with Gasteiger partial charge in [-0.05, 0) is 25.5 Å². The molecule has 6 heteroatoms. The Hall–Kier alpha value is -1.95. The molecule has 1 aromatic heterocycles. The van der Waals surface area contributed by atoms with Gasteiger partial charge in [0.25, 0.3) is 5.91 Å². The first kappa shape index (κ1) is 15.4. The summed E-state index contributed by atoms with van der Waals surface area (Å²) >= 11 is 1.32. The van der Waals surface area contributed by atoms with Crippen LogP contribution in [0.2, 0.25) is 0 Å². The summed E-state index contributed by atoms with van der Waals surface area (Å²) < 4.78 is 18.8. The first-order valence-corrected chi connectivity index (χ1v) is 7.60. The van der Waals surface area contributed by atoms with Gasteiger partial charge in [0.1, 0.15) is 17.3 Å². The summed E-state index contributed by atoms with van der Waals surface area (Å²) in [5.41, 5.74) is 0.368. The molecule has 4 nitrogen and oxygen atoms in total. The summed E-state index contributed by atoms with van der Waals surface area (Å²) in [5.74, 6) is -0.431. The number of aromatic nitrogens is 1. The molecule has 0 aliphatic carbocycles. The van der Waals surface area contributed by atoms with Gasteiger partial charge in [0.15, 0.2) is 11.6 Å². The van der Waals surface area contributed by atoms with Gasteiger partial charge in [-0.3, -0.25) is 4.79 Å². The molecule has 0 saturated heterocycles. The van der Waals surface area contributed by atoms with Crippen LogP contribution in [0.25, 0.3) is 0 Å². The molecular formula is C15H17FN2O2S. The summed E-state index contributed by atoms with van der Waals surface area (Å²) in [5, 5.41) is 5.16. The number of para-hydroxylation sites is 1. The lowest BCUT2D eigenvalue weighted by Gasteiger charge is -2.09. The summed E-state index contributed by atoms with van der Waals surface area (Å²) in [6.07, 6.45) is 0.860. The van der Waals surface area contributed by atoms with Gasteiger partial charge < -0.3 is 10.1 Å². The number of hydrogen-bond acceptors (Lipinski definition) is 4. The van der Waals surface area contributed by atoms with E-state index in [9.17, 15) is 9.18 Å². The van der Waals surface area contributed by atoms with Gasteiger partial charge >= 0.3 is 0 Å². The van der Waals surface area contributed by atoms with E-state index in [1.165, 1.54) is 17.4 Å². The highest BCUT2D eigenvalue weighted by molar-refractivity contribution is 7.09. The summed E-state index contributed by atoms with van der Waals surface area (Å²) in [4.78, 5) is 16.1. The lowest BCUT2D eigenvalue weighted by atomic mass is 10.2. The van der Waals surface area contributed by atoms with Crippen molar-refractivity contribution >= 4 is 17.2 Å². The van der Waals surface area contributed by atoms with E-state index in [1.807, 2.05) is 13.8 Å². The van der Waals surface area contributed by atoms with E-state index in [0.717, 1.165) is 6.42 Å². The number of nitrogens with zero attached hydrogens (tertiary/aromatic N) is 1. The van der Waals surface area contributed by atoms with E-state index < -0.39 is 5.82 Å². The lowest BCUT2D eigenvalue weighted by Crippen LogP contribution is -2.32. The van der Waals surface area contributed by atoms with Crippen LogP contribution >= 0.6 is 11.3 Å². The third-order valence-corrected chi connectivity index (χ3v) is 3.78. The normalized spacial score (nSPS) is 12.0. The van der Waals surface area contributed by atoms with Crippen LogP contribution < -0.4 is 10.1 Å². The molecule has 1 aromatic carbocycles. The lowest BCUT2D eigenvalue weighted by molar-refractivity contribution is 0.0934. The van der Waals surface area contributed by atoms with Crippen molar-refractivity contribution in [3.05, 3.63) is 46.2 Å². The van der Waals surface area contributed by atoms with Gasteiger partial charge in [-0.25, -0.2) is 9.37 Å². The van der Waals surface area contributed by atoms with Crippen LogP contribution in [0.15, 0.2) is 29.6 Å². The molecule has 1 amide bonds. The minimum absolute atomic E-state index is 0.109. The van der Waals surface area contributed by atoms with Crippen LogP contribution in [-0.2, 0) is 6.61 Å². The van der Waals surface area contributed by atoms with Gasteiger partial charge in [0.05, 0.1) is 0 Å². The fourth-order valence-electron chi connectivity index (χ4n) is 1.58. The standard InChI is InChI=1S/C15H17FN2O2S/c1-3-10(2)17-15(19)12-9-21-14(18-12)8-20-13-7-5-4-6-11(13)16/h4-7,9-10H,3,8H2,1-2H3,(H,17,19)/t10-/m0/s1. The number of halogens is 1. The van der Waals surface area contributed by atoms with Crippen molar-refractivity contribution in [1.29, 1.82) is 0 Å². The molecule has 1 heterocycles. The maximum Gasteiger partial charge on any atom is 0.270 e. The highest BCUT2D eigenvalue weighted by Crippen LogP contribution is 2.18. The number of thiazole rings is 1. The number of amides is 1. The molecule has 0 unspecified atom stereocenters. The first-order valence-electron chi connectivity index (χ1n) is 6.72. The summed E-state index contributed by atoms with van der Waals surface area (Å²) in [6, 6.07) is 6.30. The van der Waals surface area contributed by atoms with Crippen LogP contribution in [0.3, 0.4) is 0 Å². The molecule has 0 radical (unpaired) electrons. The monoisotopic (exact) mass is 308 g/mol. The molecule has 21 heavy (non-hydrogen) atoms. The van der Waals surface area contributed by atoms with Gasteiger partial charge in [-0.15, -0.1) is 11.3 Å². The van der Waals surface area contributed by atoms with Crippen molar-refractivity contribution in [3.63, 3.8) is 0 Å². The number of carbonyl (C=O) groups is 1. The minimum Gasteiger partial charge on any atom is -0.483 e. The SMILES string of the molecule is CC[C@H](C)NC(=O)c1csc(COc2ccccc2F)n1. The van der Waals surface area contributed by atoms with Crippen molar-refractivity contribution in [2.75, 3.05) is 0 Å². The Bertz CT molecular complexity index is 615. The van der Waals surface area contributed by atoms with Crippen molar-refractivity contribution in [1.82, 2.24) is 10.3 Å². The molecule has 0 bridgehead atoms. The highest BCUT2D eigenvalue weighted by Gasteiger charge is 2.13. The molecule has 1 atom stereocenters. The zero-order valence-corrected chi connectivity index (χ0v) is 12.7. The molecule has 0 aliphatic heterocycles. The van der Waals surface area contributed by atoms with Crippen molar-refractivity contribution in [3.8, 4) is 5.75 Å². The maximum absolute atomic E-state index is 13.4.